The van der Waals surface area contributed by atoms with Gasteiger partial charge in [-0.15, -0.1) is 0 Å². The summed E-state index contributed by atoms with van der Waals surface area (Å²) in [7, 11) is 0. The first-order chi connectivity index (χ1) is 13.7. The highest BCUT2D eigenvalue weighted by atomic mass is 32.2. The van der Waals surface area contributed by atoms with Crippen LogP contribution in [0, 0.1) is 0 Å². The van der Waals surface area contributed by atoms with Gasteiger partial charge in [-0.25, -0.2) is 0 Å². The van der Waals surface area contributed by atoms with E-state index in [4.69, 9.17) is 9.47 Å². The van der Waals surface area contributed by atoms with Gasteiger partial charge in [0.05, 0.1) is 6.54 Å². The Kier molecular flexibility index (Phi) is 7.19. The molecule has 0 saturated heterocycles. The fourth-order valence-electron chi connectivity index (χ4n) is 2.84. The third-order valence-electron chi connectivity index (χ3n) is 4.34. The van der Waals surface area contributed by atoms with Crippen LogP contribution < -0.4 is 20.1 Å². The van der Waals surface area contributed by atoms with Crippen molar-refractivity contribution < 1.29 is 19.1 Å². The zero-order chi connectivity index (χ0) is 19.8. The highest BCUT2D eigenvalue weighted by Crippen LogP contribution is 2.30. The summed E-state index contributed by atoms with van der Waals surface area (Å²) in [6.07, 6.45) is 2.25. The number of hydrogen-bond acceptors (Lipinski definition) is 5. The zero-order valence-electron chi connectivity index (χ0n) is 15.7. The topological polar surface area (TPSA) is 76.7 Å². The Morgan fingerprint density at radius 3 is 2.57 bits per heavy atom. The van der Waals surface area contributed by atoms with Gasteiger partial charge < -0.3 is 20.1 Å². The summed E-state index contributed by atoms with van der Waals surface area (Å²) in [6, 6.07) is 15.7. The summed E-state index contributed by atoms with van der Waals surface area (Å²) in [5.41, 5.74) is 0.532. The molecule has 6 nitrogen and oxygen atoms in total. The van der Waals surface area contributed by atoms with Gasteiger partial charge in [0, 0.05) is 5.56 Å². The smallest absolute Gasteiger partial charge is 0.251 e. The van der Waals surface area contributed by atoms with E-state index in [1.807, 2.05) is 36.6 Å². The number of hydrogen-bond donors (Lipinski definition) is 2. The van der Waals surface area contributed by atoms with E-state index in [0.717, 1.165) is 5.75 Å². The van der Waals surface area contributed by atoms with Crippen LogP contribution in [0.15, 0.2) is 54.6 Å². The fourth-order valence-corrected chi connectivity index (χ4v) is 3.31. The Bertz CT molecular complexity index is 800. The van der Waals surface area contributed by atoms with Crippen molar-refractivity contribution in [3.05, 3.63) is 60.2 Å². The molecule has 0 radical (unpaired) electrons. The van der Waals surface area contributed by atoms with E-state index in [9.17, 15) is 9.59 Å². The third kappa shape index (κ3) is 5.42. The third-order valence-corrected chi connectivity index (χ3v) is 4.98. The molecule has 1 heterocycles. The molecule has 2 N–H and O–H groups in total. The second kappa shape index (κ2) is 10.0. The average Bonchev–Trinajstić information content (AvgIpc) is 2.75. The molecule has 148 valence electrons. The largest absolute Gasteiger partial charge is 0.486 e. The van der Waals surface area contributed by atoms with E-state index >= 15 is 0 Å². The number of para-hydroxylation sites is 2. The molecule has 0 unspecified atom stereocenters. The van der Waals surface area contributed by atoms with Crippen LogP contribution in [-0.4, -0.2) is 49.1 Å². The molecule has 0 saturated carbocycles. The van der Waals surface area contributed by atoms with Crippen LogP contribution in [0.4, 0.5) is 0 Å². The molecule has 0 bridgehead atoms. The molecule has 2 aromatic rings. The molecule has 0 fully saturated rings. The molecule has 7 heteroatoms. The summed E-state index contributed by atoms with van der Waals surface area (Å²) in [4.78, 5) is 25.1. The van der Waals surface area contributed by atoms with Crippen molar-refractivity contribution in [3.8, 4) is 11.5 Å². The van der Waals surface area contributed by atoms with Crippen molar-refractivity contribution in [1.29, 1.82) is 0 Å². The lowest BCUT2D eigenvalue weighted by molar-refractivity contribution is -0.123. The van der Waals surface area contributed by atoms with Gasteiger partial charge in [-0.2, -0.15) is 11.8 Å². The van der Waals surface area contributed by atoms with Crippen molar-refractivity contribution in [2.75, 3.05) is 25.2 Å². The van der Waals surface area contributed by atoms with Crippen LogP contribution >= 0.6 is 11.8 Å². The SMILES string of the molecule is CSCC[C@@H](NC(=O)c1ccccc1)C(=O)NC[C@@H]1COc2ccccc2O1. The van der Waals surface area contributed by atoms with Gasteiger partial charge in [0.25, 0.3) is 5.91 Å². The molecule has 0 spiro atoms. The molecule has 0 aromatic heterocycles. The van der Waals surface area contributed by atoms with Gasteiger partial charge in [0.2, 0.25) is 5.91 Å². The highest BCUT2D eigenvalue weighted by molar-refractivity contribution is 7.98. The number of carbonyl (C=O) groups is 2. The molecule has 2 atom stereocenters. The average molecular weight is 401 g/mol. The maximum Gasteiger partial charge on any atom is 0.251 e. The van der Waals surface area contributed by atoms with Crippen LogP contribution in [0.2, 0.25) is 0 Å². The van der Waals surface area contributed by atoms with Crippen molar-refractivity contribution in [1.82, 2.24) is 10.6 Å². The van der Waals surface area contributed by atoms with Crippen molar-refractivity contribution in [2.45, 2.75) is 18.6 Å². The molecule has 3 rings (SSSR count). The maximum absolute atomic E-state index is 12.7. The second-order valence-electron chi connectivity index (χ2n) is 6.42. The number of fused-ring (bicyclic) bond motifs is 1. The summed E-state index contributed by atoms with van der Waals surface area (Å²) in [6.45, 7) is 0.674. The van der Waals surface area contributed by atoms with E-state index in [1.165, 1.54) is 0 Å². The predicted octanol–water partition coefficient (Wildman–Crippen LogP) is 2.49. The van der Waals surface area contributed by atoms with Crippen LogP contribution in [-0.2, 0) is 4.79 Å². The summed E-state index contributed by atoms with van der Waals surface area (Å²) in [5.74, 6) is 1.67. The van der Waals surface area contributed by atoms with Gasteiger partial charge in [0.1, 0.15) is 18.8 Å². The quantitative estimate of drug-likeness (QED) is 0.712. The van der Waals surface area contributed by atoms with Crippen LogP contribution in [0.25, 0.3) is 0 Å². The minimum atomic E-state index is -0.600. The zero-order valence-corrected chi connectivity index (χ0v) is 16.5. The van der Waals surface area contributed by atoms with E-state index < -0.39 is 6.04 Å². The monoisotopic (exact) mass is 400 g/mol. The predicted molar refractivity (Wildman–Crippen MR) is 110 cm³/mol. The molecular weight excluding hydrogens is 376 g/mol. The molecule has 2 amide bonds. The Balaban J connectivity index is 1.55. The van der Waals surface area contributed by atoms with E-state index in [-0.39, 0.29) is 17.9 Å². The van der Waals surface area contributed by atoms with Crippen molar-refractivity contribution >= 4 is 23.6 Å². The van der Waals surface area contributed by atoms with E-state index in [0.29, 0.717) is 36.6 Å². The standard InChI is InChI=1S/C21H24N2O4S/c1-28-12-11-17(23-20(24)15-7-3-2-4-8-15)21(25)22-13-16-14-26-18-9-5-6-10-19(18)27-16/h2-10,16-17H,11-14H2,1H3,(H,22,25)(H,23,24)/t16-,17-/m1/s1. The van der Waals surface area contributed by atoms with Crippen LogP contribution in [0.1, 0.15) is 16.8 Å². The Morgan fingerprint density at radius 1 is 1.11 bits per heavy atom. The molecule has 1 aliphatic rings. The number of rotatable bonds is 8. The number of ether oxygens (including phenoxy) is 2. The van der Waals surface area contributed by atoms with Gasteiger partial charge in [0.15, 0.2) is 11.5 Å². The summed E-state index contributed by atoms with van der Waals surface area (Å²) in [5, 5.41) is 5.72. The van der Waals surface area contributed by atoms with Crippen molar-refractivity contribution in [3.63, 3.8) is 0 Å². The van der Waals surface area contributed by atoms with E-state index in [2.05, 4.69) is 10.6 Å². The summed E-state index contributed by atoms with van der Waals surface area (Å²) >= 11 is 1.63. The molecule has 28 heavy (non-hydrogen) atoms. The summed E-state index contributed by atoms with van der Waals surface area (Å²) < 4.78 is 11.5. The minimum absolute atomic E-state index is 0.221. The van der Waals surface area contributed by atoms with Crippen LogP contribution in [0.3, 0.4) is 0 Å². The van der Waals surface area contributed by atoms with Gasteiger partial charge in [-0.3, -0.25) is 9.59 Å². The molecule has 0 aliphatic carbocycles. The number of thioether (sulfide) groups is 1. The molecule has 1 aliphatic heterocycles. The van der Waals surface area contributed by atoms with Crippen molar-refractivity contribution in [2.24, 2.45) is 0 Å². The Hall–Kier alpha value is -2.67. The normalized spacial score (nSPS) is 16.1. The molecular formula is C21H24N2O4S. The second-order valence-corrected chi connectivity index (χ2v) is 7.40. The molecule has 2 aromatic carbocycles. The lowest BCUT2D eigenvalue weighted by Gasteiger charge is -2.27. The maximum atomic E-state index is 12.7. The van der Waals surface area contributed by atoms with E-state index in [1.54, 1.807) is 36.0 Å². The van der Waals surface area contributed by atoms with Crippen LogP contribution in [0.5, 0.6) is 11.5 Å². The Morgan fingerprint density at radius 2 is 1.82 bits per heavy atom. The number of carbonyl (C=O) groups excluding carboxylic acids is 2. The van der Waals surface area contributed by atoms with Gasteiger partial charge in [-0.05, 0) is 42.7 Å². The first kappa shape index (κ1) is 20.1. The van der Waals surface area contributed by atoms with Gasteiger partial charge >= 0.3 is 0 Å². The minimum Gasteiger partial charge on any atom is -0.486 e. The highest BCUT2D eigenvalue weighted by Gasteiger charge is 2.25. The number of nitrogens with one attached hydrogen (secondary N) is 2. The Labute approximate surface area is 169 Å². The fraction of sp³-hybridized carbons (Fsp3) is 0.333. The first-order valence-electron chi connectivity index (χ1n) is 9.18. The van der Waals surface area contributed by atoms with Gasteiger partial charge in [-0.1, -0.05) is 30.3 Å². The lowest BCUT2D eigenvalue weighted by atomic mass is 10.1. The number of benzene rings is 2. The first-order valence-corrected chi connectivity index (χ1v) is 10.6. The lowest BCUT2D eigenvalue weighted by Crippen LogP contribution is -2.50. The number of amides is 2.